The third-order valence-corrected chi connectivity index (χ3v) is 4.67. The van der Waals surface area contributed by atoms with Gasteiger partial charge in [-0.15, -0.1) is 0 Å². The minimum atomic E-state index is -5.02. The van der Waals surface area contributed by atoms with Crippen molar-refractivity contribution in [1.82, 2.24) is 4.31 Å². The van der Waals surface area contributed by atoms with E-state index in [-0.39, 0.29) is 12.6 Å². The van der Waals surface area contributed by atoms with Gasteiger partial charge in [-0.25, -0.2) is 8.42 Å². The molecule has 1 rings (SSSR count). The second-order valence-electron chi connectivity index (χ2n) is 4.75. The summed E-state index contributed by atoms with van der Waals surface area (Å²) >= 11 is 0. The first-order valence-electron chi connectivity index (χ1n) is 6.44. The molecule has 11 heteroatoms. The SMILES string of the molecule is CCN(Cc1cc(C(F)(F)F)cc(C(F)(F)F)c1)S(=O)(=O)CC#N. The number of halogens is 6. The summed E-state index contributed by atoms with van der Waals surface area (Å²) in [7, 11) is -4.11. The second-order valence-corrected chi connectivity index (χ2v) is 6.72. The van der Waals surface area contributed by atoms with Crippen molar-refractivity contribution in [3.8, 4) is 6.07 Å². The number of nitrogens with zero attached hydrogens (tertiary/aromatic N) is 2. The maximum atomic E-state index is 12.8. The van der Waals surface area contributed by atoms with Crippen LogP contribution in [0, 0.1) is 11.3 Å². The third-order valence-electron chi connectivity index (χ3n) is 3.00. The lowest BCUT2D eigenvalue weighted by Crippen LogP contribution is -2.32. The minimum Gasteiger partial charge on any atom is -0.211 e. The summed E-state index contributed by atoms with van der Waals surface area (Å²) < 4.78 is 101. The summed E-state index contributed by atoms with van der Waals surface area (Å²) in [5.41, 5.74) is -3.53. The van der Waals surface area contributed by atoms with E-state index in [1.807, 2.05) is 0 Å². The average molecular weight is 374 g/mol. The first kappa shape index (κ1) is 20.2. The van der Waals surface area contributed by atoms with Crippen molar-refractivity contribution in [2.75, 3.05) is 12.3 Å². The minimum absolute atomic E-state index is 0.0381. The quantitative estimate of drug-likeness (QED) is 0.743. The van der Waals surface area contributed by atoms with Gasteiger partial charge in [0, 0.05) is 13.1 Å². The van der Waals surface area contributed by atoms with Crippen LogP contribution in [0.1, 0.15) is 23.6 Å². The lowest BCUT2D eigenvalue weighted by Gasteiger charge is -2.20. The van der Waals surface area contributed by atoms with Crippen LogP contribution in [-0.4, -0.2) is 25.0 Å². The Kier molecular flexibility index (Phi) is 5.89. The molecular weight excluding hydrogens is 362 g/mol. The fourth-order valence-electron chi connectivity index (χ4n) is 1.89. The number of benzene rings is 1. The first-order valence-corrected chi connectivity index (χ1v) is 8.05. The molecule has 1 aromatic carbocycles. The molecule has 134 valence electrons. The monoisotopic (exact) mass is 374 g/mol. The van der Waals surface area contributed by atoms with Gasteiger partial charge in [-0.3, -0.25) is 0 Å². The van der Waals surface area contributed by atoms with E-state index in [9.17, 15) is 34.8 Å². The van der Waals surface area contributed by atoms with E-state index in [0.29, 0.717) is 16.4 Å². The highest BCUT2D eigenvalue weighted by molar-refractivity contribution is 7.89. The molecule has 0 saturated carbocycles. The summed E-state index contributed by atoms with van der Waals surface area (Å²) in [6, 6.07) is 2.27. The van der Waals surface area contributed by atoms with Gasteiger partial charge in [0.2, 0.25) is 10.0 Å². The van der Waals surface area contributed by atoms with E-state index in [4.69, 9.17) is 5.26 Å². The van der Waals surface area contributed by atoms with Crippen LogP contribution in [0.3, 0.4) is 0 Å². The van der Waals surface area contributed by atoms with Crippen LogP contribution in [0.2, 0.25) is 0 Å². The molecule has 0 N–H and O–H groups in total. The fourth-order valence-corrected chi connectivity index (χ4v) is 2.98. The number of hydrogen-bond acceptors (Lipinski definition) is 3. The second kappa shape index (κ2) is 6.98. The molecule has 0 aliphatic rings. The van der Waals surface area contributed by atoms with E-state index < -0.39 is 51.4 Å². The number of hydrogen-bond donors (Lipinski definition) is 0. The van der Waals surface area contributed by atoms with Gasteiger partial charge in [-0.05, 0) is 23.8 Å². The topological polar surface area (TPSA) is 61.2 Å². The van der Waals surface area contributed by atoms with Crippen molar-refractivity contribution in [3.05, 3.63) is 34.9 Å². The Labute approximate surface area is 134 Å². The van der Waals surface area contributed by atoms with Crippen LogP contribution in [0.4, 0.5) is 26.3 Å². The molecule has 0 radical (unpaired) electrons. The lowest BCUT2D eigenvalue weighted by atomic mass is 10.0. The molecule has 0 saturated heterocycles. The highest BCUT2D eigenvalue weighted by atomic mass is 32.2. The van der Waals surface area contributed by atoms with Crippen LogP contribution >= 0.6 is 0 Å². The van der Waals surface area contributed by atoms with Crippen molar-refractivity contribution in [3.63, 3.8) is 0 Å². The predicted octanol–water partition coefficient (Wildman–Crippen LogP) is 3.40. The van der Waals surface area contributed by atoms with E-state index in [1.165, 1.54) is 13.0 Å². The van der Waals surface area contributed by atoms with Crippen LogP contribution in [0.25, 0.3) is 0 Å². The van der Waals surface area contributed by atoms with Gasteiger partial charge in [-0.1, -0.05) is 6.92 Å². The average Bonchev–Trinajstić information content (AvgIpc) is 2.42. The van der Waals surface area contributed by atoms with Gasteiger partial charge in [0.1, 0.15) is 0 Å². The lowest BCUT2D eigenvalue weighted by molar-refractivity contribution is -0.143. The Morgan fingerprint density at radius 1 is 1.04 bits per heavy atom. The van der Waals surface area contributed by atoms with E-state index in [1.54, 1.807) is 0 Å². The number of alkyl halides is 6. The molecule has 0 fully saturated rings. The van der Waals surface area contributed by atoms with Crippen LogP contribution in [-0.2, 0) is 28.9 Å². The van der Waals surface area contributed by atoms with Gasteiger partial charge >= 0.3 is 12.4 Å². The number of sulfonamides is 1. The Bertz CT molecular complexity index is 702. The maximum Gasteiger partial charge on any atom is 0.416 e. The molecular formula is C13H12F6N2O2S. The summed E-state index contributed by atoms with van der Waals surface area (Å²) in [6.45, 7) is 0.447. The largest absolute Gasteiger partial charge is 0.416 e. The summed E-state index contributed by atoms with van der Waals surface area (Å²) in [4.78, 5) is 0. The van der Waals surface area contributed by atoms with Crippen LogP contribution in [0.15, 0.2) is 18.2 Å². The highest BCUT2D eigenvalue weighted by Crippen LogP contribution is 2.36. The smallest absolute Gasteiger partial charge is 0.211 e. The third kappa shape index (κ3) is 5.10. The van der Waals surface area contributed by atoms with E-state index in [0.717, 1.165) is 0 Å². The summed E-state index contributed by atoms with van der Waals surface area (Å²) in [5.74, 6) is -0.925. The number of rotatable bonds is 5. The van der Waals surface area contributed by atoms with Crippen LogP contribution in [0.5, 0.6) is 0 Å². The molecule has 0 aliphatic carbocycles. The molecule has 0 heterocycles. The van der Waals surface area contributed by atoms with Crippen molar-refractivity contribution >= 4 is 10.0 Å². The van der Waals surface area contributed by atoms with E-state index >= 15 is 0 Å². The van der Waals surface area contributed by atoms with Crippen LogP contribution < -0.4 is 0 Å². The zero-order valence-electron chi connectivity index (χ0n) is 12.2. The molecule has 0 aromatic heterocycles. The van der Waals surface area contributed by atoms with Crippen molar-refractivity contribution in [2.45, 2.75) is 25.8 Å². The Morgan fingerprint density at radius 3 is 1.83 bits per heavy atom. The van der Waals surface area contributed by atoms with Crippen molar-refractivity contribution < 1.29 is 34.8 Å². The molecule has 4 nitrogen and oxygen atoms in total. The molecule has 0 spiro atoms. The Morgan fingerprint density at radius 2 is 1.50 bits per heavy atom. The van der Waals surface area contributed by atoms with Gasteiger partial charge in [0.25, 0.3) is 0 Å². The normalized spacial score (nSPS) is 13.1. The summed E-state index contributed by atoms with van der Waals surface area (Å²) in [5, 5.41) is 8.46. The molecule has 0 unspecified atom stereocenters. The van der Waals surface area contributed by atoms with Gasteiger partial charge in [0.15, 0.2) is 5.75 Å². The van der Waals surface area contributed by atoms with Gasteiger partial charge in [0.05, 0.1) is 17.2 Å². The molecule has 0 aliphatic heterocycles. The Balaban J connectivity index is 3.35. The molecule has 1 aromatic rings. The zero-order valence-corrected chi connectivity index (χ0v) is 13.1. The molecule has 0 amide bonds. The predicted molar refractivity (Wildman–Crippen MR) is 71.9 cm³/mol. The number of nitriles is 1. The van der Waals surface area contributed by atoms with Gasteiger partial charge in [-0.2, -0.15) is 35.9 Å². The zero-order chi connectivity index (χ0) is 18.8. The standard InChI is InChI=1S/C13H12F6N2O2S/c1-2-21(24(22,23)4-3-20)8-9-5-10(12(14,15)16)7-11(6-9)13(17,18)19/h5-7H,2,4,8H2,1H3. The first-order chi connectivity index (χ1) is 10.8. The van der Waals surface area contributed by atoms with E-state index in [2.05, 4.69) is 0 Å². The maximum absolute atomic E-state index is 12.8. The highest BCUT2D eigenvalue weighted by Gasteiger charge is 2.37. The molecule has 24 heavy (non-hydrogen) atoms. The van der Waals surface area contributed by atoms with Crippen molar-refractivity contribution in [2.24, 2.45) is 0 Å². The summed E-state index contributed by atoms with van der Waals surface area (Å²) in [6.07, 6.45) is -10.0. The molecule has 0 bridgehead atoms. The van der Waals surface area contributed by atoms with Crippen molar-refractivity contribution in [1.29, 1.82) is 5.26 Å². The molecule has 0 atom stereocenters. The fraction of sp³-hybridized carbons (Fsp3) is 0.462. The Hall–Kier alpha value is -1.80. The van der Waals surface area contributed by atoms with Gasteiger partial charge < -0.3 is 0 Å².